The first kappa shape index (κ1) is 20.3. The summed E-state index contributed by atoms with van der Waals surface area (Å²) in [5, 5.41) is 0. The smallest absolute Gasteiger partial charge is 0.416 e. The molecule has 0 aliphatic heterocycles. The van der Waals surface area contributed by atoms with Gasteiger partial charge < -0.3 is 4.74 Å². The van der Waals surface area contributed by atoms with Gasteiger partial charge in [0.2, 0.25) is 0 Å². The lowest BCUT2D eigenvalue weighted by Gasteiger charge is -2.05. The molecule has 0 aliphatic rings. The van der Waals surface area contributed by atoms with Gasteiger partial charge in [0, 0.05) is 6.42 Å². The Balaban J connectivity index is 2.10. The number of rotatable bonds is 10. The maximum Gasteiger partial charge on any atom is 0.416 e. The highest BCUT2D eigenvalue weighted by Crippen LogP contribution is 2.29. The predicted molar refractivity (Wildman–Crippen MR) is 89.4 cm³/mol. The molecule has 1 aromatic rings. The van der Waals surface area contributed by atoms with Crippen molar-refractivity contribution in [3.8, 4) is 0 Å². The van der Waals surface area contributed by atoms with Crippen LogP contribution in [0.15, 0.2) is 30.3 Å². The molecule has 0 spiro atoms. The van der Waals surface area contributed by atoms with Crippen LogP contribution in [0.2, 0.25) is 0 Å². The van der Waals surface area contributed by atoms with Gasteiger partial charge in [-0.05, 0) is 43.9 Å². The Labute approximate surface area is 141 Å². The van der Waals surface area contributed by atoms with Crippen molar-refractivity contribution in [1.82, 2.24) is 0 Å². The lowest BCUT2D eigenvalue weighted by molar-refractivity contribution is -0.143. The molecule has 0 heterocycles. The molecule has 0 aromatic heterocycles. The molecule has 5 heteroatoms. The summed E-state index contributed by atoms with van der Waals surface area (Å²) < 4.78 is 42.2. The number of unbranched alkanes of at least 4 members (excludes halogenated alkanes) is 5. The first-order chi connectivity index (χ1) is 11.4. The van der Waals surface area contributed by atoms with E-state index in [0.717, 1.165) is 56.2 Å². The van der Waals surface area contributed by atoms with E-state index in [1.165, 1.54) is 12.1 Å². The van der Waals surface area contributed by atoms with E-state index in [-0.39, 0.29) is 5.97 Å². The standard InChI is InChI=1S/C19H25F3O2/c1-2-24-18(23)11-9-7-5-3-4-6-8-10-16-12-14-17(15-13-16)19(20,21)22/h8,10,12-15H,2-7,9,11H2,1H3/b10-8+. The predicted octanol–water partition coefficient (Wildman–Crippen LogP) is 6.01. The number of esters is 1. The molecule has 0 amide bonds. The van der Waals surface area contributed by atoms with Gasteiger partial charge in [0.15, 0.2) is 0 Å². The molecule has 0 fully saturated rings. The first-order valence-corrected chi connectivity index (χ1v) is 8.43. The van der Waals surface area contributed by atoms with Crippen molar-refractivity contribution in [2.75, 3.05) is 6.61 Å². The summed E-state index contributed by atoms with van der Waals surface area (Å²) in [5.41, 5.74) is 0.153. The van der Waals surface area contributed by atoms with Gasteiger partial charge in [-0.2, -0.15) is 13.2 Å². The fourth-order valence-corrected chi connectivity index (χ4v) is 2.30. The van der Waals surface area contributed by atoms with Crippen LogP contribution in [0.25, 0.3) is 6.08 Å². The van der Waals surface area contributed by atoms with Gasteiger partial charge >= 0.3 is 12.1 Å². The van der Waals surface area contributed by atoms with Crippen LogP contribution in [0.5, 0.6) is 0 Å². The van der Waals surface area contributed by atoms with E-state index >= 15 is 0 Å². The first-order valence-electron chi connectivity index (χ1n) is 8.43. The molecule has 24 heavy (non-hydrogen) atoms. The average molecular weight is 342 g/mol. The maximum absolute atomic E-state index is 12.4. The second kappa shape index (κ2) is 10.9. The largest absolute Gasteiger partial charge is 0.466 e. The molecule has 0 atom stereocenters. The molecule has 2 nitrogen and oxygen atoms in total. The van der Waals surface area contributed by atoms with Crippen LogP contribution >= 0.6 is 0 Å². The molecular formula is C19H25F3O2. The Kier molecular flexibility index (Phi) is 9.20. The summed E-state index contributed by atoms with van der Waals surface area (Å²) >= 11 is 0. The van der Waals surface area contributed by atoms with Crippen molar-refractivity contribution in [3.05, 3.63) is 41.5 Å². The summed E-state index contributed by atoms with van der Waals surface area (Å²) in [6.07, 6.45) is 6.02. The minimum Gasteiger partial charge on any atom is -0.466 e. The second-order valence-electron chi connectivity index (χ2n) is 5.63. The molecule has 0 bridgehead atoms. The SMILES string of the molecule is CCOC(=O)CCCCCCC/C=C/c1ccc(C(F)(F)F)cc1. The molecule has 0 aliphatic carbocycles. The summed E-state index contributed by atoms with van der Waals surface area (Å²) in [4.78, 5) is 11.1. The maximum atomic E-state index is 12.4. The van der Waals surface area contributed by atoms with Crippen LogP contribution in [0, 0.1) is 0 Å². The molecule has 0 unspecified atom stereocenters. The van der Waals surface area contributed by atoms with Gasteiger partial charge in [-0.1, -0.05) is 43.5 Å². The number of benzene rings is 1. The van der Waals surface area contributed by atoms with Gasteiger partial charge in [-0.25, -0.2) is 0 Å². The minimum absolute atomic E-state index is 0.128. The Hall–Kier alpha value is -1.78. The van der Waals surface area contributed by atoms with Gasteiger partial charge in [-0.3, -0.25) is 4.79 Å². The van der Waals surface area contributed by atoms with Crippen molar-refractivity contribution in [3.63, 3.8) is 0 Å². The van der Waals surface area contributed by atoms with E-state index in [1.807, 2.05) is 12.2 Å². The topological polar surface area (TPSA) is 26.3 Å². The fourth-order valence-electron chi connectivity index (χ4n) is 2.30. The lowest BCUT2D eigenvalue weighted by atomic mass is 10.1. The van der Waals surface area contributed by atoms with E-state index in [4.69, 9.17) is 4.74 Å². The van der Waals surface area contributed by atoms with E-state index in [0.29, 0.717) is 13.0 Å². The number of carbonyl (C=O) groups is 1. The zero-order chi connectivity index (χ0) is 17.8. The molecule has 1 rings (SSSR count). The molecule has 0 saturated heterocycles. The summed E-state index contributed by atoms with van der Waals surface area (Å²) in [6, 6.07) is 5.16. The second-order valence-corrected chi connectivity index (χ2v) is 5.63. The molecule has 0 N–H and O–H groups in total. The Morgan fingerprint density at radius 1 is 1.04 bits per heavy atom. The van der Waals surface area contributed by atoms with Crippen LogP contribution in [-0.2, 0) is 15.7 Å². The van der Waals surface area contributed by atoms with E-state index in [2.05, 4.69) is 0 Å². The van der Waals surface area contributed by atoms with Crippen LogP contribution in [0.3, 0.4) is 0 Å². The summed E-state index contributed by atoms with van der Waals surface area (Å²) in [5.74, 6) is -0.128. The number of ether oxygens (including phenoxy) is 1. The van der Waals surface area contributed by atoms with E-state index < -0.39 is 11.7 Å². The number of hydrogen-bond acceptors (Lipinski definition) is 2. The number of allylic oxidation sites excluding steroid dienone is 1. The summed E-state index contributed by atoms with van der Waals surface area (Å²) in [6.45, 7) is 2.24. The van der Waals surface area contributed by atoms with E-state index in [1.54, 1.807) is 6.92 Å². The molecule has 1 aromatic carbocycles. The molecule has 0 radical (unpaired) electrons. The van der Waals surface area contributed by atoms with Crippen molar-refractivity contribution in [2.24, 2.45) is 0 Å². The quantitative estimate of drug-likeness (QED) is 0.384. The number of alkyl halides is 3. The van der Waals surface area contributed by atoms with Gasteiger partial charge in [-0.15, -0.1) is 0 Å². The fraction of sp³-hybridized carbons (Fsp3) is 0.526. The highest BCUT2D eigenvalue weighted by molar-refractivity contribution is 5.69. The van der Waals surface area contributed by atoms with Crippen LogP contribution < -0.4 is 0 Å². The molecular weight excluding hydrogens is 317 g/mol. The molecule has 134 valence electrons. The average Bonchev–Trinajstić information content (AvgIpc) is 2.53. The van der Waals surface area contributed by atoms with Crippen molar-refractivity contribution in [1.29, 1.82) is 0 Å². The zero-order valence-electron chi connectivity index (χ0n) is 14.1. The van der Waals surface area contributed by atoms with Crippen molar-refractivity contribution >= 4 is 12.0 Å². The van der Waals surface area contributed by atoms with E-state index in [9.17, 15) is 18.0 Å². The Bertz CT molecular complexity index is 504. The third-order valence-corrected chi connectivity index (χ3v) is 3.61. The number of carbonyl (C=O) groups excluding carboxylic acids is 1. The highest BCUT2D eigenvalue weighted by Gasteiger charge is 2.29. The normalized spacial score (nSPS) is 11.8. The third kappa shape index (κ3) is 8.75. The van der Waals surface area contributed by atoms with Crippen LogP contribution in [-0.4, -0.2) is 12.6 Å². The number of halogens is 3. The molecule has 0 saturated carbocycles. The Morgan fingerprint density at radius 2 is 1.67 bits per heavy atom. The van der Waals surface area contributed by atoms with Crippen LogP contribution in [0.4, 0.5) is 13.2 Å². The zero-order valence-corrected chi connectivity index (χ0v) is 14.1. The number of hydrogen-bond donors (Lipinski definition) is 0. The lowest BCUT2D eigenvalue weighted by Crippen LogP contribution is -2.03. The van der Waals surface area contributed by atoms with Gasteiger partial charge in [0.25, 0.3) is 0 Å². The van der Waals surface area contributed by atoms with Gasteiger partial charge in [0.1, 0.15) is 0 Å². The highest BCUT2D eigenvalue weighted by atomic mass is 19.4. The minimum atomic E-state index is -4.28. The van der Waals surface area contributed by atoms with Crippen LogP contribution in [0.1, 0.15) is 63.0 Å². The monoisotopic (exact) mass is 342 g/mol. The third-order valence-electron chi connectivity index (χ3n) is 3.61. The summed E-state index contributed by atoms with van der Waals surface area (Å²) in [7, 11) is 0. The Morgan fingerprint density at radius 3 is 2.29 bits per heavy atom. The van der Waals surface area contributed by atoms with Gasteiger partial charge in [0.05, 0.1) is 12.2 Å². The van der Waals surface area contributed by atoms with Crippen molar-refractivity contribution < 1.29 is 22.7 Å². The van der Waals surface area contributed by atoms with Crippen molar-refractivity contribution in [2.45, 2.75) is 58.0 Å².